The molecular formula is C22H23N3O3. The molecule has 3 rings (SSSR count). The van der Waals surface area contributed by atoms with Crippen LogP contribution in [0.4, 0.5) is 11.4 Å². The molecule has 1 amide bonds. The van der Waals surface area contributed by atoms with Crippen molar-refractivity contribution in [2.75, 3.05) is 19.5 Å². The van der Waals surface area contributed by atoms with E-state index < -0.39 is 0 Å². The summed E-state index contributed by atoms with van der Waals surface area (Å²) in [6.45, 7) is 2.48. The maximum atomic E-state index is 12.5. The van der Waals surface area contributed by atoms with E-state index in [-0.39, 0.29) is 5.91 Å². The summed E-state index contributed by atoms with van der Waals surface area (Å²) in [5, 5.41) is 6.15. The molecule has 144 valence electrons. The molecule has 1 heterocycles. The molecule has 0 fully saturated rings. The SMILES string of the molecule is COc1ccc(Nc2ccnc(C(=O)NCc3cccc(C)c3)c2)cc1OC. The molecule has 0 aliphatic heterocycles. The fraction of sp³-hybridized carbons (Fsp3) is 0.182. The van der Waals surface area contributed by atoms with E-state index >= 15 is 0 Å². The van der Waals surface area contributed by atoms with Crippen LogP contribution in [0.2, 0.25) is 0 Å². The van der Waals surface area contributed by atoms with Crippen LogP contribution in [0.25, 0.3) is 0 Å². The van der Waals surface area contributed by atoms with Gasteiger partial charge in [0.2, 0.25) is 0 Å². The minimum absolute atomic E-state index is 0.225. The predicted molar refractivity (Wildman–Crippen MR) is 109 cm³/mol. The number of amides is 1. The first kappa shape index (κ1) is 19.2. The van der Waals surface area contributed by atoms with E-state index in [1.165, 1.54) is 0 Å². The maximum Gasteiger partial charge on any atom is 0.270 e. The van der Waals surface area contributed by atoms with Crippen LogP contribution >= 0.6 is 0 Å². The molecule has 3 aromatic rings. The number of nitrogens with one attached hydrogen (secondary N) is 2. The van der Waals surface area contributed by atoms with Crippen molar-refractivity contribution in [1.29, 1.82) is 0 Å². The van der Waals surface area contributed by atoms with Gasteiger partial charge in [-0.2, -0.15) is 0 Å². The molecule has 6 nitrogen and oxygen atoms in total. The molecule has 0 atom stereocenters. The third-order valence-electron chi connectivity index (χ3n) is 4.20. The van der Waals surface area contributed by atoms with Gasteiger partial charge in [0.05, 0.1) is 14.2 Å². The van der Waals surface area contributed by atoms with Gasteiger partial charge in [0.1, 0.15) is 5.69 Å². The fourth-order valence-electron chi connectivity index (χ4n) is 2.81. The number of pyridine rings is 1. The highest BCUT2D eigenvalue weighted by Gasteiger charge is 2.09. The smallest absolute Gasteiger partial charge is 0.270 e. The molecule has 2 aromatic carbocycles. The van der Waals surface area contributed by atoms with E-state index in [9.17, 15) is 4.79 Å². The average molecular weight is 377 g/mol. The molecule has 2 N–H and O–H groups in total. The van der Waals surface area contributed by atoms with Crippen LogP contribution in [0.1, 0.15) is 21.6 Å². The Hall–Kier alpha value is -3.54. The van der Waals surface area contributed by atoms with Crippen LogP contribution in [0.15, 0.2) is 60.8 Å². The zero-order chi connectivity index (χ0) is 19.9. The van der Waals surface area contributed by atoms with Gasteiger partial charge in [-0.1, -0.05) is 29.8 Å². The standard InChI is InChI=1S/C22H23N3O3/c1-15-5-4-6-16(11-15)14-24-22(26)19-12-18(9-10-23-19)25-17-7-8-20(27-2)21(13-17)28-3/h4-13H,14H2,1-3H3,(H,23,25)(H,24,26). The molecule has 0 saturated carbocycles. The van der Waals surface area contributed by atoms with Crippen molar-refractivity contribution in [1.82, 2.24) is 10.3 Å². The Labute approximate surface area is 164 Å². The average Bonchev–Trinajstić information content (AvgIpc) is 2.72. The van der Waals surface area contributed by atoms with Gasteiger partial charge < -0.3 is 20.1 Å². The molecule has 28 heavy (non-hydrogen) atoms. The van der Waals surface area contributed by atoms with Gasteiger partial charge in [-0.25, -0.2) is 0 Å². The minimum atomic E-state index is -0.225. The summed E-state index contributed by atoms with van der Waals surface area (Å²) in [7, 11) is 3.18. The van der Waals surface area contributed by atoms with Crippen molar-refractivity contribution in [3.63, 3.8) is 0 Å². The summed E-state index contributed by atoms with van der Waals surface area (Å²) in [5.74, 6) is 1.05. The number of aryl methyl sites for hydroxylation is 1. The predicted octanol–water partition coefficient (Wildman–Crippen LogP) is 4.08. The Morgan fingerprint density at radius 1 is 0.964 bits per heavy atom. The lowest BCUT2D eigenvalue weighted by Gasteiger charge is -2.12. The molecule has 1 aromatic heterocycles. The van der Waals surface area contributed by atoms with Gasteiger partial charge in [-0.05, 0) is 36.8 Å². The van der Waals surface area contributed by atoms with Crippen molar-refractivity contribution in [3.8, 4) is 11.5 Å². The van der Waals surface area contributed by atoms with E-state index in [0.29, 0.717) is 23.7 Å². The lowest BCUT2D eigenvalue weighted by molar-refractivity contribution is 0.0946. The van der Waals surface area contributed by atoms with Gasteiger partial charge in [0.15, 0.2) is 11.5 Å². The number of rotatable bonds is 7. The Balaban J connectivity index is 1.69. The lowest BCUT2D eigenvalue weighted by atomic mass is 10.1. The van der Waals surface area contributed by atoms with E-state index in [1.54, 1.807) is 32.5 Å². The van der Waals surface area contributed by atoms with Crippen molar-refractivity contribution in [2.24, 2.45) is 0 Å². The number of carbonyl (C=O) groups excluding carboxylic acids is 1. The number of anilines is 2. The summed E-state index contributed by atoms with van der Waals surface area (Å²) < 4.78 is 10.6. The number of aromatic nitrogens is 1. The highest BCUT2D eigenvalue weighted by Crippen LogP contribution is 2.31. The highest BCUT2D eigenvalue weighted by molar-refractivity contribution is 5.93. The first-order valence-electron chi connectivity index (χ1n) is 8.88. The molecular weight excluding hydrogens is 354 g/mol. The van der Waals surface area contributed by atoms with Gasteiger partial charge >= 0.3 is 0 Å². The lowest BCUT2D eigenvalue weighted by Crippen LogP contribution is -2.23. The van der Waals surface area contributed by atoms with Crippen LogP contribution in [0, 0.1) is 6.92 Å². The second kappa shape index (κ2) is 8.90. The summed E-state index contributed by atoms with van der Waals surface area (Å²) in [5.41, 5.74) is 4.12. The van der Waals surface area contributed by atoms with Gasteiger partial charge in [-0.15, -0.1) is 0 Å². The highest BCUT2D eigenvalue weighted by atomic mass is 16.5. The zero-order valence-electron chi connectivity index (χ0n) is 16.2. The Morgan fingerprint density at radius 3 is 2.50 bits per heavy atom. The van der Waals surface area contributed by atoms with E-state index in [0.717, 1.165) is 22.5 Å². The molecule has 0 spiro atoms. The largest absolute Gasteiger partial charge is 0.493 e. The molecule has 0 saturated heterocycles. The van der Waals surface area contributed by atoms with Crippen LogP contribution in [-0.4, -0.2) is 25.1 Å². The van der Waals surface area contributed by atoms with Crippen molar-refractivity contribution in [3.05, 3.63) is 77.6 Å². The van der Waals surface area contributed by atoms with Crippen LogP contribution in [0.5, 0.6) is 11.5 Å². The third kappa shape index (κ3) is 4.79. The van der Waals surface area contributed by atoms with Gasteiger partial charge in [-0.3, -0.25) is 9.78 Å². The van der Waals surface area contributed by atoms with E-state index in [2.05, 4.69) is 15.6 Å². The number of carbonyl (C=O) groups is 1. The van der Waals surface area contributed by atoms with Gasteiger partial charge in [0.25, 0.3) is 5.91 Å². The summed E-state index contributed by atoms with van der Waals surface area (Å²) >= 11 is 0. The monoisotopic (exact) mass is 377 g/mol. The first-order chi connectivity index (χ1) is 13.6. The number of benzene rings is 2. The Morgan fingerprint density at radius 2 is 1.75 bits per heavy atom. The minimum Gasteiger partial charge on any atom is -0.493 e. The van der Waals surface area contributed by atoms with Crippen molar-refractivity contribution >= 4 is 17.3 Å². The fourth-order valence-corrected chi connectivity index (χ4v) is 2.81. The number of methoxy groups -OCH3 is 2. The Kier molecular flexibility index (Phi) is 6.11. The number of hydrogen-bond acceptors (Lipinski definition) is 5. The second-order valence-electron chi connectivity index (χ2n) is 6.30. The molecule has 0 bridgehead atoms. The first-order valence-corrected chi connectivity index (χ1v) is 8.88. The number of hydrogen-bond donors (Lipinski definition) is 2. The summed E-state index contributed by atoms with van der Waals surface area (Å²) in [6, 6.07) is 17.1. The van der Waals surface area contributed by atoms with Gasteiger partial charge in [0, 0.05) is 30.2 Å². The van der Waals surface area contributed by atoms with Crippen LogP contribution < -0.4 is 20.1 Å². The van der Waals surface area contributed by atoms with E-state index in [4.69, 9.17) is 9.47 Å². The van der Waals surface area contributed by atoms with Crippen molar-refractivity contribution in [2.45, 2.75) is 13.5 Å². The summed E-state index contributed by atoms with van der Waals surface area (Å²) in [4.78, 5) is 16.6. The molecule has 6 heteroatoms. The maximum absolute atomic E-state index is 12.5. The van der Waals surface area contributed by atoms with Crippen molar-refractivity contribution < 1.29 is 14.3 Å². The molecule has 0 aliphatic rings. The number of ether oxygens (including phenoxy) is 2. The topological polar surface area (TPSA) is 72.5 Å². The van der Waals surface area contributed by atoms with E-state index in [1.807, 2.05) is 49.4 Å². The molecule has 0 unspecified atom stereocenters. The van der Waals surface area contributed by atoms with Crippen LogP contribution in [0.3, 0.4) is 0 Å². The molecule has 0 aliphatic carbocycles. The number of nitrogens with zero attached hydrogens (tertiary/aromatic N) is 1. The normalized spacial score (nSPS) is 10.2. The molecule has 0 radical (unpaired) electrons. The van der Waals surface area contributed by atoms with Crippen LogP contribution in [-0.2, 0) is 6.54 Å². The summed E-state index contributed by atoms with van der Waals surface area (Å²) in [6.07, 6.45) is 1.60. The quantitative estimate of drug-likeness (QED) is 0.649. The second-order valence-corrected chi connectivity index (χ2v) is 6.30. The third-order valence-corrected chi connectivity index (χ3v) is 4.20. The Bertz CT molecular complexity index is 973. The zero-order valence-corrected chi connectivity index (χ0v) is 16.2.